The molecule has 0 spiro atoms. The van der Waals surface area contributed by atoms with Crippen molar-refractivity contribution in [2.45, 2.75) is 20.0 Å². The van der Waals surface area contributed by atoms with Crippen LogP contribution in [0.25, 0.3) is 0 Å². The van der Waals surface area contributed by atoms with Gasteiger partial charge in [0.05, 0.1) is 13.3 Å². The molecule has 2 rings (SSSR count). The smallest absolute Gasteiger partial charge is 0.241 e. The van der Waals surface area contributed by atoms with Gasteiger partial charge in [0, 0.05) is 12.7 Å². The van der Waals surface area contributed by atoms with Crippen molar-refractivity contribution in [1.82, 2.24) is 15.1 Å². The Hall–Kier alpha value is -2.30. The van der Waals surface area contributed by atoms with Crippen LogP contribution in [0.5, 0.6) is 5.75 Å². The summed E-state index contributed by atoms with van der Waals surface area (Å²) in [5, 5.41) is 6.93. The maximum atomic E-state index is 11.7. The molecule has 100 valence electrons. The van der Waals surface area contributed by atoms with Gasteiger partial charge in [0.15, 0.2) is 0 Å². The van der Waals surface area contributed by atoms with Gasteiger partial charge in [-0.2, -0.15) is 5.10 Å². The molecule has 0 bridgehead atoms. The zero-order valence-corrected chi connectivity index (χ0v) is 11.1. The Morgan fingerprint density at radius 3 is 3.00 bits per heavy atom. The molecule has 1 aromatic heterocycles. The number of ether oxygens (including phenoxy) is 1. The molecular weight excluding hydrogens is 242 g/mol. The SMILES string of the molecule is COc1cccc(CNC(=O)Cn2cc(C)cn2)c1. The third kappa shape index (κ3) is 3.84. The second-order valence-corrected chi connectivity index (χ2v) is 4.34. The highest BCUT2D eigenvalue weighted by Gasteiger charge is 2.04. The lowest BCUT2D eigenvalue weighted by atomic mass is 10.2. The van der Waals surface area contributed by atoms with Crippen LogP contribution in [0.2, 0.25) is 0 Å². The van der Waals surface area contributed by atoms with Gasteiger partial charge in [-0.15, -0.1) is 0 Å². The minimum atomic E-state index is -0.0640. The predicted molar refractivity (Wildman–Crippen MR) is 71.8 cm³/mol. The summed E-state index contributed by atoms with van der Waals surface area (Å²) in [7, 11) is 1.62. The maximum absolute atomic E-state index is 11.7. The van der Waals surface area contributed by atoms with Crippen molar-refractivity contribution in [3.63, 3.8) is 0 Å². The number of amides is 1. The summed E-state index contributed by atoms with van der Waals surface area (Å²) in [4.78, 5) is 11.7. The number of benzene rings is 1. The number of nitrogens with zero attached hydrogens (tertiary/aromatic N) is 2. The number of methoxy groups -OCH3 is 1. The van der Waals surface area contributed by atoms with Gasteiger partial charge in [-0.1, -0.05) is 12.1 Å². The molecule has 0 radical (unpaired) electrons. The number of carbonyl (C=O) groups is 1. The third-order valence-corrected chi connectivity index (χ3v) is 2.69. The molecule has 0 aliphatic carbocycles. The summed E-state index contributed by atoms with van der Waals surface area (Å²) in [5.74, 6) is 0.723. The Kier molecular flexibility index (Phi) is 4.18. The molecule has 2 aromatic rings. The Balaban J connectivity index is 1.86. The molecule has 0 saturated heterocycles. The Labute approximate surface area is 112 Å². The lowest BCUT2D eigenvalue weighted by molar-refractivity contribution is -0.122. The average molecular weight is 259 g/mol. The van der Waals surface area contributed by atoms with Crippen LogP contribution in [-0.4, -0.2) is 22.8 Å². The summed E-state index contributed by atoms with van der Waals surface area (Å²) in [6, 6.07) is 7.62. The van der Waals surface area contributed by atoms with E-state index in [4.69, 9.17) is 4.74 Å². The van der Waals surface area contributed by atoms with Crippen LogP contribution >= 0.6 is 0 Å². The van der Waals surface area contributed by atoms with Crippen LogP contribution in [0.15, 0.2) is 36.7 Å². The van der Waals surface area contributed by atoms with E-state index >= 15 is 0 Å². The fourth-order valence-electron chi connectivity index (χ4n) is 1.74. The number of rotatable bonds is 5. The molecule has 0 saturated carbocycles. The molecule has 0 unspecified atom stereocenters. The monoisotopic (exact) mass is 259 g/mol. The van der Waals surface area contributed by atoms with Crippen molar-refractivity contribution in [2.24, 2.45) is 0 Å². The number of aryl methyl sites for hydroxylation is 1. The fraction of sp³-hybridized carbons (Fsp3) is 0.286. The topological polar surface area (TPSA) is 56.1 Å². The lowest BCUT2D eigenvalue weighted by Gasteiger charge is -2.07. The molecule has 5 nitrogen and oxygen atoms in total. The van der Waals surface area contributed by atoms with E-state index in [0.717, 1.165) is 16.9 Å². The van der Waals surface area contributed by atoms with Crippen LogP contribution in [0.1, 0.15) is 11.1 Å². The Bertz CT molecular complexity index is 563. The molecule has 1 aromatic carbocycles. The molecule has 0 atom stereocenters. The largest absolute Gasteiger partial charge is 0.497 e. The Morgan fingerprint density at radius 2 is 2.32 bits per heavy atom. The predicted octanol–water partition coefficient (Wildman–Crippen LogP) is 1.52. The van der Waals surface area contributed by atoms with Gasteiger partial charge in [0.1, 0.15) is 12.3 Å². The van der Waals surface area contributed by atoms with Crippen LogP contribution in [0.4, 0.5) is 0 Å². The van der Waals surface area contributed by atoms with Gasteiger partial charge in [0.2, 0.25) is 5.91 Å². The molecule has 0 aliphatic heterocycles. The van der Waals surface area contributed by atoms with Gasteiger partial charge >= 0.3 is 0 Å². The standard InChI is InChI=1S/C14H17N3O2/c1-11-7-16-17(9-11)10-14(18)15-8-12-4-3-5-13(6-12)19-2/h3-7,9H,8,10H2,1-2H3,(H,15,18). The molecule has 5 heteroatoms. The number of nitrogens with one attached hydrogen (secondary N) is 1. The molecule has 0 fully saturated rings. The van der Waals surface area contributed by atoms with Crippen molar-refractivity contribution in [2.75, 3.05) is 7.11 Å². The van der Waals surface area contributed by atoms with Gasteiger partial charge < -0.3 is 10.1 Å². The first-order valence-electron chi connectivity index (χ1n) is 6.06. The number of hydrogen-bond acceptors (Lipinski definition) is 3. The molecule has 19 heavy (non-hydrogen) atoms. The van der Waals surface area contributed by atoms with Crippen LogP contribution in [0, 0.1) is 6.92 Å². The first-order chi connectivity index (χ1) is 9.17. The summed E-state index contributed by atoms with van der Waals surface area (Å²) < 4.78 is 6.75. The van der Waals surface area contributed by atoms with Crippen LogP contribution in [-0.2, 0) is 17.9 Å². The van der Waals surface area contributed by atoms with Crippen molar-refractivity contribution in [1.29, 1.82) is 0 Å². The van der Waals surface area contributed by atoms with Crippen molar-refractivity contribution >= 4 is 5.91 Å². The zero-order chi connectivity index (χ0) is 13.7. The van der Waals surface area contributed by atoms with E-state index in [0.29, 0.717) is 6.54 Å². The molecule has 1 N–H and O–H groups in total. The van der Waals surface area contributed by atoms with E-state index < -0.39 is 0 Å². The quantitative estimate of drug-likeness (QED) is 0.885. The first-order valence-corrected chi connectivity index (χ1v) is 6.06. The van der Waals surface area contributed by atoms with E-state index in [1.54, 1.807) is 18.0 Å². The molecule has 1 amide bonds. The number of hydrogen-bond donors (Lipinski definition) is 1. The highest BCUT2D eigenvalue weighted by Crippen LogP contribution is 2.12. The van der Waals surface area contributed by atoms with Gasteiger partial charge in [0.25, 0.3) is 0 Å². The summed E-state index contributed by atoms with van der Waals surface area (Å²) >= 11 is 0. The van der Waals surface area contributed by atoms with E-state index in [-0.39, 0.29) is 12.5 Å². The second-order valence-electron chi connectivity index (χ2n) is 4.34. The van der Waals surface area contributed by atoms with Gasteiger partial charge in [-0.25, -0.2) is 0 Å². The van der Waals surface area contributed by atoms with Gasteiger partial charge in [-0.05, 0) is 30.2 Å². The van der Waals surface area contributed by atoms with E-state index in [9.17, 15) is 4.79 Å². The second kappa shape index (κ2) is 6.04. The van der Waals surface area contributed by atoms with Crippen LogP contribution in [0.3, 0.4) is 0 Å². The van der Waals surface area contributed by atoms with E-state index in [1.165, 1.54) is 0 Å². The summed E-state index contributed by atoms with van der Waals surface area (Å²) in [5.41, 5.74) is 2.05. The van der Waals surface area contributed by atoms with Gasteiger partial charge in [-0.3, -0.25) is 9.48 Å². The summed E-state index contributed by atoms with van der Waals surface area (Å²) in [6.07, 6.45) is 3.57. The molecule has 0 aliphatic rings. The Morgan fingerprint density at radius 1 is 1.47 bits per heavy atom. The van der Waals surface area contributed by atoms with Crippen molar-refractivity contribution in [3.05, 3.63) is 47.8 Å². The highest BCUT2D eigenvalue weighted by atomic mass is 16.5. The molecular formula is C14H17N3O2. The van der Waals surface area contributed by atoms with Crippen molar-refractivity contribution < 1.29 is 9.53 Å². The zero-order valence-electron chi connectivity index (χ0n) is 11.1. The van der Waals surface area contributed by atoms with E-state index in [2.05, 4.69) is 10.4 Å². The van der Waals surface area contributed by atoms with Crippen molar-refractivity contribution in [3.8, 4) is 5.75 Å². The first kappa shape index (κ1) is 13.1. The number of carbonyl (C=O) groups excluding carboxylic acids is 1. The van der Waals surface area contributed by atoms with E-state index in [1.807, 2.05) is 37.4 Å². The minimum absolute atomic E-state index is 0.0640. The molecule has 1 heterocycles. The normalized spacial score (nSPS) is 10.2. The highest BCUT2D eigenvalue weighted by molar-refractivity contribution is 5.75. The minimum Gasteiger partial charge on any atom is -0.497 e. The third-order valence-electron chi connectivity index (χ3n) is 2.69. The van der Waals surface area contributed by atoms with Crippen LogP contribution < -0.4 is 10.1 Å². The lowest BCUT2D eigenvalue weighted by Crippen LogP contribution is -2.27. The number of aromatic nitrogens is 2. The summed E-state index contributed by atoms with van der Waals surface area (Å²) in [6.45, 7) is 2.66. The average Bonchev–Trinajstić information content (AvgIpc) is 2.82. The maximum Gasteiger partial charge on any atom is 0.241 e. The fourth-order valence-corrected chi connectivity index (χ4v) is 1.74.